The summed E-state index contributed by atoms with van der Waals surface area (Å²) in [5, 5.41) is 4.12. The maximum absolute atomic E-state index is 13.1. The molecular weight excluding hydrogens is 398 g/mol. The van der Waals surface area contributed by atoms with Crippen molar-refractivity contribution in [2.75, 3.05) is 26.3 Å². The molecular formula is C24H19NO6. The van der Waals surface area contributed by atoms with E-state index < -0.39 is 5.63 Å². The fourth-order valence-electron chi connectivity index (χ4n) is 3.58. The van der Waals surface area contributed by atoms with Crippen LogP contribution < -0.4 is 29.9 Å². The zero-order valence-electron chi connectivity index (χ0n) is 16.9. The van der Waals surface area contributed by atoms with Crippen LogP contribution in [0, 0.1) is 0 Å². The lowest BCUT2D eigenvalue weighted by molar-refractivity contribution is 0.174. The van der Waals surface area contributed by atoms with Gasteiger partial charge in [0.25, 0.3) is 0 Å². The Kier molecular flexibility index (Phi) is 4.63. The molecule has 0 spiro atoms. The Hall–Kier alpha value is -4.13. The average molecular weight is 417 g/mol. The van der Waals surface area contributed by atoms with E-state index in [4.69, 9.17) is 23.4 Å². The van der Waals surface area contributed by atoms with Crippen LogP contribution in [0.5, 0.6) is 23.0 Å². The maximum Gasteiger partial charge on any atom is 0.346 e. The summed E-state index contributed by atoms with van der Waals surface area (Å²) in [4.78, 5) is 13.1. The molecule has 0 amide bonds. The van der Waals surface area contributed by atoms with E-state index in [1.165, 1.54) is 0 Å². The monoisotopic (exact) mass is 417 g/mol. The number of methoxy groups -OCH3 is 2. The van der Waals surface area contributed by atoms with Crippen molar-refractivity contribution in [3.8, 4) is 34.1 Å². The summed E-state index contributed by atoms with van der Waals surface area (Å²) >= 11 is 0. The molecule has 31 heavy (non-hydrogen) atoms. The molecule has 7 heteroatoms. The van der Waals surface area contributed by atoms with Gasteiger partial charge in [0.15, 0.2) is 11.5 Å². The Labute approximate surface area is 177 Å². The Morgan fingerprint density at radius 3 is 2.35 bits per heavy atom. The van der Waals surface area contributed by atoms with E-state index in [1.807, 2.05) is 42.5 Å². The predicted molar refractivity (Wildman–Crippen MR) is 117 cm³/mol. The smallest absolute Gasteiger partial charge is 0.346 e. The van der Waals surface area contributed by atoms with Crippen molar-refractivity contribution in [2.45, 2.75) is 0 Å². The third-order valence-electron chi connectivity index (χ3n) is 5.14. The van der Waals surface area contributed by atoms with E-state index in [1.54, 1.807) is 32.4 Å². The zero-order valence-corrected chi connectivity index (χ0v) is 16.9. The van der Waals surface area contributed by atoms with Crippen LogP contribution in [0.1, 0.15) is 0 Å². The first-order chi connectivity index (χ1) is 15.2. The summed E-state index contributed by atoms with van der Waals surface area (Å²) in [6.45, 7) is 0.188. The second-order valence-electron chi connectivity index (χ2n) is 6.92. The summed E-state index contributed by atoms with van der Waals surface area (Å²) in [6.07, 6.45) is 0. The van der Waals surface area contributed by atoms with Gasteiger partial charge >= 0.3 is 5.63 Å². The van der Waals surface area contributed by atoms with Crippen molar-refractivity contribution in [1.29, 1.82) is 0 Å². The molecule has 1 N–H and O–H groups in total. The first kappa shape index (κ1) is 18.9. The molecule has 0 bridgehead atoms. The fourth-order valence-corrected chi connectivity index (χ4v) is 3.58. The van der Waals surface area contributed by atoms with Crippen molar-refractivity contribution in [3.05, 3.63) is 71.1 Å². The van der Waals surface area contributed by atoms with Gasteiger partial charge in [-0.25, -0.2) is 4.79 Å². The number of nitrogens with one attached hydrogen (secondary N) is 1. The molecule has 0 saturated carbocycles. The number of anilines is 2. The molecule has 3 aromatic carbocycles. The minimum absolute atomic E-state index is 0.188. The lowest BCUT2D eigenvalue weighted by Crippen LogP contribution is -2.08. The lowest BCUT2D eigenvalue weighted by atomic mass is 10.0. The number of fused-ring (bicyclic) bond motifs is 2. The Morgan fingerprint density at radius 2 is 1.58 bits per heavy atom. The van der Waals surface area contributed by atoms with Crippen LogP contribution >= 0.6 is 0 Å². The lowest BCUT2D eigenvalue weighted by Gasteiger charge is -2.15. The van der Waals surface area contributed by atoms with Gasteiger partial charge in [0.05, 0.1) is 25.5 Å². The van der Waals surface area contributed by atoms with Gasteiger partial charge in [-0.05, 0) is 42.0 Å². The summed E-state index contributed by atoms with van der Waals surface area (Å²) in [7, 11) is 3.16. The molecule has 0 aliphatic carbocycles. The normalized spacial score (nSPS) is 12.1. The fraction of sp³-hybridized carbons (Fsp3) is 0.125. The topological polar surface area (TPSA) is 79.2 Å². The quantitative estimate of drug-likeness (QED) is 0.460. The molecule has 1 aromatic heterocycles. The molecule has 4 aromatic rings. The van der Waals surface area contributed by atoms with Crippen LogP contribution in [0.25, 0.3) is 22.1 Å². The summed E-state index contributed by atoms with van der Waals surface area (Å²) in [5.41, 5.74) is 2.45. The highest BCUT2D eigenvalue weighted by atomic mass is 16.7. The van der Waals surface area contributed by atoms with Crippen LogP contribution in [0.15, 0.2) is 69.9 Å². The maximum atomic E-state index is 13.1. The number of ether oxygens (including phenoxy) is 4. The molecule has 0 saturated heterocycles. The first-order valence-corrected chi connectivity index (χ1v) is 9.62. The predicted octanol–water partition coefficient (Wildman–Crippen LogP) is 4.95. The van der Waals surface area contributed by atoms with Crippen molar-refractivity contribution >= 4 is 22.3 Å². The largest absolute Gasteiger partial charge is 0.497 e. The highest BCUT2D eigenvalue weighted by Gasteiger charge is 2.19. The molecule has 1 aliphatic rings. The van der Waals surface area contributed by atoms with E-state index in [0.717, 1.165) is 11.1 Å². The van der Waals surface area contributed by atoms with Crippen molar-refractivity contribution in [1.82, 2.24) is 0 Å². The van der Waals surface area contributed by atoms with Crippen LogP contribution in [-0.2, 0) is 0 Å². The van der Waals surface area contributed by atoms with Crippen molar-refractivity contribution < 1.29 is 23.4 Å². The van der Waals surface area contributed by atoms with Crippen LogP contribution in [0.3, 0.4) is 0 Å². The van der Waals surface area contributed by atoms with Gasteiger partial charge in [0, 0.05) is 23.2 Å². The zero-order chi connectivity index (χ0) is 21.4. The highest BCUT2D eigenvalue weighted by molar-refractivity contribution is 6.00. The van der Waals surface area contributed by atoms with Gasteiger partial charge < -0.3 is 28.7 Å². The van der Waals surface area contributed by atoms with Crippen molar-refractivity contribution in [3.63, 3.8) is 0 Å². The summed E-state index contributed by atoms with van der Waals surface area (Å²) in [5.74, 6) is 2.62. The SMILES string of the molecule is COc1ccc(-c2c(Nc3ccc4c(c3)OCO4)c3ccc(OC)cc3oc2=O)cc1. The van der Waals surface area contributed by atoms with Crippen LogP contribution in [0.2, 0.25) is 0 Å². The van der Waals surface area contributed by atoms with Gasteiger partial charge in [0.2, 0.25) is 6.79 Å². The van der Waals surface area contributed by atoms with Gasteiger partial charge in [-0.2, -0.15) is 0 Å². The molecule has 0 unspecified atom stereocenters. The van der Waals surface area contributed by atoms with Gasteiger partial charge in [-0.3, -0.25) is 0 Å². The number of hydrogen-bond acceptors (Lipinski definition) is 7. The minimum atomic E-state index is -0.464. The number of hydrogen-bond donors (Lipinski definition) is 1. The molecule has 0 radical (unpaired) electrons. The summed E-state index contributed by atoms with van der Waals surface area (Å²) in [6, 6.07) is 18.2. The first-order valence-electron chi connectivity index (χ1n) is 9.62. The van der Waals surface area contributed by atoms with Gasteiger partial charge in [-0.15, -0.1) is 0 Å². The number of benzene rings is 3. The summed E-state index contributed by atoms with van der Waals surface area (Å²) < 4.78 is 27.1. The highest BCUT2D eigenvalue weighted by Crippen LogP contribution is 2.39. The number of rotatable bonds is 5. The second-order valence-corrected chi connectivity index (χ2v) is 6.92. The van der Waals surface area contributed by atoms with Crippen molar-refractivity contribution in [2.24, 2.45) is 0 Å². The molecule has 156 valence electrons. The van der Waals surface area contributed by atoms with E-state index >= 15 is 0 Å². The van der Waals surface area contributed by atoms with E-state index in [0.29, 0.717) is 45.4 Å². The Morgan fingerprint density at radius 1 is 0.839 bits per heavy atom. The molecule has 5 rings (SSSR count). The van der Waals surface area contributed by atoms with E-state index in [9.17, 15) is 4.79 Å². The second kappa shape index (κ2) is 7.60. The van der Waals surface area contributed by atoms with Crippen LogP contribution in [-0.4, -0.2) is 21.0 Å². The molecule has 0 fully saturated rings. The Bertz CT molecular complexity index is 1330. The van der Waals surface area contributed by atoms with Crippen LogP contribution in [0.4, 0.5) is 11.4 Å². The van der Waals surface area contributed by atoms with Gasteiger partial charge in [0.1, 0.15) is 17.1 Å². The van der Waals surface area contributed by atoms with E-state index in [-0.39, 0.29) is 6.79 Å². The third-order valence-corrected chi connectivity index (χ3v) is 5.14. The molecule has 0 atom stereocenters. The molecule has 7 nitrogen and oxygen atoms in total. The Balaban J connectivity index is 1.71. The standard InChI is InChI=1S/C24H19NO6/c1-27-16-6-3-14(4-7-16)22-23(25-15-5-10-19-21(11-15)30-13-29-19)18-9-8-17(28-2)12-20(18)31-24(22)26/h3-12,25H,13H2,1-2H3. The van der Waals surface area contributed by atoms with E-state index in [2.05, 4.69) is 5.32 Å². The minimum Gasteiger partial charge on any atom is -0.497 e. The molecule has 2 heterocycles. The average Bonchev–Trinajstić information content (AvgIpc) is 3.27. The van der Waals surface area contributed by atoms with Gasteiger partial charge in [-0.1, -0.05) is 12.1 Å². The molecule has 1 aliphatic heterocycles. The third kappa shape index (κ3) is 3.40.